The van der Waals surface area contributed by atoms with Crippen molar-refractivity contribution in [2.45, 2.75) is 19.0 Å². The number of likely N-dealkylation sites (tertiary alicyclic amines) is 1. The van der Waals surface area contributed by atoms with Gasteiger partial charge < -0.3 is 19.5 Å². The minimum Gasteiger partial charge on any atom is -0.396 e. The number of halogens is 3. The summed E-state index contributed by atoms with van der Waals surface area (Å²) in [5.74, 6) is -0.135. The van der Waals surface area contributed by atoms with Crippen LogP contribution in [0.3, 0.4) is 0 Å². The van der Waals surface area contributed by atoms with Gasteiger partial charge in [-0.25, -0.2) is 0 Å². The van der Waals surface area contributed by atoms with Crippen LogP contribution < -0.4 is 4.90 Å². The van der Waals surface area contributed by atoms with Gasteiger partial charge in [0.25, 0.3) is 5.91 Å². The first-order valence-electron chi connectivity index (χ1n) is 10.6. The Labute approximate surface area is 184 Å². The summed E-state index contributed by atoms with van der Waals surface area (Å²) in [5.41, 5.74) is -0.603. The number of amides is 1. The molecule has 0 bridgehead atoms. The second-order valence-corrected chi connectivity index (χ2v) is 8.76. The zero-order valence-corrected chi connectivity index (χ0v) is 17.8. The average Bonchev–Trinajstić information content (AvgIpc) is 3.36. The van der Waals surface area contributed by atoms with Crippen LogP contribution in [-0.4, -0.2) is 53.3 Å². The summed E-state index contributed by atoms with van der Waals surface area (Å²) in [6, 6.07) is 8.98. The fourth-order valence-corrected chi connectivity index (χ4v) is 5.11. The lowest BCUT2D eigenvalue weighted by atomic mass is 9.71. The highest BCUT2D eigenvalue weighted by molar-refractivity contribution is 5.92. The summed E-state index contributed by atoms with van der Waals surface area (Å²) >= 11 is 0. The molecule has 0 saturated carbocycles. The Morgan fingerprint density at radius 2 is 2.00 bits per heavy atom. The molecule has 32 heavy (non-hydrogen) atoms. The maximum atomic E-state index is 13.4. The smallest absolute Gasteiger partial charge is 0.396 e. The molecule has 1 atom stereocenters. The first-order chi connectivity index (χ1) is 15.2. The van der Waals surface area contributed by atoms with Crippen molar-refractivity contribution in [3.05, 3.63) is 53.3 Å². The number of carbonyl (C=O) groups is 1. The molecule has 2 aliphatic heterocycles. The first-order valence-corrected chi connectivity index (χ1v) is 10.6. The molecule has 0 radical (unpaired) electrons. The van der Waals surface area contributed by atoms with E-state index in [-0.39, 0.29) is 23.8 Å². The van der Waals surface area contributed by atoms with Crippen LogP contribution in [0.25, 0.3) is 0 Å². The Hall–Kier alpha value is -2.99. The Kier molecular flexibility index (Phi) is 5.67. The molecule has 6 nitrogen and oxygen atoms in total. The van der Waals surface area contributed by atoms with E-state index < -0.39 is 17.3 Å². The molecule has 1 unspecified atom stereocenters. The molecular formula is C23H25F3N4O2. The van der Waals surface area contributed by atoms with E-state index >= 15 is 0 Å². The number of carbonyl (C=O) groups excluding carboxylic acids is 1. The van der Waals surface area contributed by atoms with Gasteiger partial charge in [-0.2, -0.15) is 18.4 Å². The zero-order valence-electron chi connectivity index (χ0n) is 17.8. The van der Waals surface area contributed by atoms with Crippen LogP contribution in [0, 0.1) is 22.7 Å². The Morgan fingerprint density at radius 3 is 2.56 bits per heavy atom. The van der Waals surface area contributed by atoms with Gasteiger partial charge in [0.05, 0.1) is 17.2 Å². The van der Waals surface area contributed by atoms with Gasteiger partial charge in [-0.1, -0.05) is 0 Å². The number of aliphatic hydroxyl groups is 1. The molecule has 2 aromatic rings. The molecule has 2 aliphatic rings. The summed E-state index contributed by atoms with van der Waals surface area (Å²) in [6.45, 7) is 1.95. The van der Waals surface area contributed by atoms with Crippen LogP contribution in [0.4, 0.5) is 18.9 Å². The highest BCUT2D eigenvalue weighted by Gasteiger charge is 2.48. The molecule has 2 fully saturated rings. The number of nitrogens with zero attached hydrogens (tertiary/aromatic N) is 4. The molecule has 2 saturated heterocycles. The van der Waals surface area contributed by atoms with Gasteiger partial charge in [0, 0.05) is 57.6 Å². The molecule has 4 rings (SSSR count). The molecule has 3 heterocycles. The largest absolute Gasteiger partial charge is 0.417 e. The summed E-state index contributed by atoms with van der Waals surface area (Å²) in [6.07, 6.45) is -1.44. The SMILES string of the molecule is Cn1cccc1C(=O)N1CCC2(CC1)CN(c1ccc(C#N)c(C(F)(F)F)c1)CC2CO. The van der Waals surface area contributed by atoms with E-state index in [2.05, 4.69) is 0 Å². The van der Waals surface area contributed by atoms with E-state index in [4.69, 9.17) is 5.26 Å². The van der Waals surface area contributed by atoms with Crippen molar-refractivity contribution in [3.8, 4) is 6.07 Å². The van der Waals surface area contributed by atoms with Crippen LogP contribution in [0.15, 0.2) is 36.5 Å². The van der Waals surface area contributed by atoms with E-state index in [9.17, 15) is 23.1 Å². The second kappa shape index (κ2) is 8.17. The Morgan fingerprint density at radius 1 is 1.28 bits per heavy atom. The van der Waals surface area contributed by atoms with Crippen LogP contribution in [0.1, 0.15) is 34.5 Å². The van der Waals surface area contributed by atoms with Crippen LogP contribution in [0.5, 0.6) is 0 Å². The van der Waals surface area contributed by atoms with Gasteiger partial charge in [0.1, 0.15) is 5.69 Å². The number of hydrogen-bond donors (Lipinski definition) is 1. The minimum absolute atomic E-state index is 0.0373. The van der Waals surface area contributed by atoms with Gasteiger partial charge in [0.2, 0.25) is 0 Å². The molecule has 1 aromatic heterocycles. The van der Waals surface area contributed by atoms with Crippen LogP contribution in [-0.2, 0) is 13.2 Å². The van der Waals surface area contributed by atoms with Crippen molar-refractivity contribution in [1.29, 1.82) is 5.26 Å². The maximum absolute atomic E-state index is 13.4. The fourth-order valence-electron chi connectivity index (χ4n) is 5.11. The van der Waals surface area contributed by atoms with E-state index in [1.54, 1.807) is 21.6 Å². The molecule has 0 aliphatic carbocycles. The molecule has 9 heteroatoms. The minimum atomic E-state index is -4.61. The third-order valence-electron chi connectivity index (χ3n) is 7.04. The summed E-state index contributed by atoms with van der Waals surface area (Å²) in [7, 11) is 1.82. The predicted molar refractivity (Wildman–Crippen MR) is 112 cm³/mol. The van der Waals surface area contributed by atoms with E-state index in [0.717, 1.165) is 6.07 Å². The number of anilines is 1. The molecule has 1 amide bonds. The van der Waals surface area contributed by atoms with Gasteiger partial charge in [0.15, 0.2) is 0 Å². The maximum Gasteiger partial charge on any atom is 0.417 e. The highest BCUT2D eigenvalue weighted by Crippen LogP contribution is 2.46. The van der Waals surface area contributed by atoms with E-state index in [1.165, 1.54) is 12.1 Å². The lowest BCUT2D eigenvalue weighted by molar-refractivity contribution is -0.137. The zero-order chi connectivity index (χ0) is 23.1. The van der Waals surface area contributed by atoms with Crippen molar-refractivity contribution < 1.29 is 23.1 Å². The Bertz CT molecular complexity index is 1050. The third-order valence-corrected chi connectivity index (χ3v) is 7.04. The van der Waals surface area contributed by atoms with Gasteiger partial charge >= 0.3 is 6.18 Å². The normalized spacial score (nSPS) is 20.6. The standard InChI is InChI=1S/C23H25F3N4O2/c1-28-8-2-3-20(28)21(32)29-9-6-22(7-10-29)15-30(13-17(22)14-31)18-5-4-16(12-27)19(11-18)23(24,25)26/h2-5,8,11,17,31H,6-7,9-10,13-15H2,1H3. The quantitative estimate of drug-likeness (QED) is 0.786. The lowest BCUT2D eigenvalue weighted by Gasteiger charge is -2.42. The summed E-state index contributed by atoms with van der Waals surface area (Å²) in [5, 5.41) is 19.1. The lowest BCUT2D eigenvalue weighted by Crippen LogP contribution is -2.47. The average molecular weight is 446 g/mol. The first kappa shape index (κ1) is 22.2. The number of rotatable bonds is 3. The monoisotopic (exact) mass is 446 g/mol. The van der Waals surface area contributed by atoms with E-state index in [1.807, 2.05) is 24.2 Å². The van der Waals surface area contributed by atoms with Crippen LogP contribution in [0.2, 0.25) is 0 Å². The van der Waals surface area contributed by atoms with Gasteiger partial charge in [-0.3, -0.25) is 4.79 Å². The van der Waals surface area contributed by atoms with Crippen molar-refractivity contribution in [1.82, 2.24) is 9.47 Å². The van der Waals surface area contributed by atoms with Gasteiger partial charge in [-0.15, -0.1) is 0 Å². The van der Waals surface area contributed by atoms with Crippen molar-refractivity contribution in [2.75, 3.05) is 37.7 Å². The number of aromatic nitrogens is 1. The number of alkyl halides is 3. The molecule has 1 N–H and O–H groups in total. The number of hydrogen-bond acceptors (Lipinski definition) is 4. The highest BCUT2D eigenvalue weighted by atomic mass is 19.4. The number of aliphatic hydroxyl groups excluding tert-OH is 1. The van der Waals surface area contributed by atoms with E-state index in [0.29, 0.717) is 50.4 Å². The number of aryl methyl sites for hydroxylation is 1. The molecule has 1 aromatic carbocycles. The molecule has 1 spiro atoms. The molecular weight excluding hydrogens is 421 g/mol. The van der Waals surface area contributed by atoms with Crippen LogP contribution >= 0.6 is 0 Å². The molecule has 170 valence electrons. The topological polar surface area (TPSA) is 72.5 Å². The fraction of sp³-hybridized carbons (Fsp3) is 0.478. The number of benzene rings is 1. The van der Waals surface area contributed by atoms with Crippen molar-refractivity contribution in [3.63, 3.8) is 0 Å². The second-order valence-electron chi connectivity index (χ2n) is 8.76. The number of piperidine rings is 1. The predicted octanol–water partition coefficient (Wildman–Crippen LogP) is 3.27. The summed E-state index contributed by atoms with van der Waals surface area (Å²) in [4.78, 5) is 16.5. The third kappa shape index (κ3) is 3.84. The summed E-state index contributed by atoms with van der Waals surface area (Å²) < 4.78 is 42.0. The van der Waals surface area contributed by atoms with Crippen molar-refractivity contribution >= 4 is 11.6 Å². The Balaban J connectivity index is 1.52. The number of nitriles is 1. The van der Waals surface area contributed by atoms with Crippen molar-refractivity contribution in [2.24, 2.45) is 18.4 Å². The van der Waals surface area contributed by atoms with Gasteiger partial charge in [-0.05, 0) is 48.6 Å².